The minimum Gasteiger partial charge on any atom is -0.366 e. The Labute approximate surface area is 125 Å². The van der Waals surface area contributed by atoms with Crippen molar-refractivity contribution in [1.29, 1.82) is 0 Å². The van der Waals surface area contributed by atoms with E-state index >= 15 is 0 Å². The highest BCUT2D eigenvalue weighted by Gasteiger charge is 2.10. The predicted molar refractivity (Wildman–Crippen MR) is 82.8 cm³/mol. The van der Waals surface area contributed by atoms with E-state index in [1.165, 1.54) is 6.33 Å². The molecule has 0 saturated heterocycles. The lowest BCUT2D eigenvalue weighted by Crippen LogP contribution is -2.15. The third-order valence-corrected chi connectivity index (χ3v) is 3.14. The summed E-state index contributed by atoms with van der Waals surface area (Å²) in [5, 5.41) is 5.79. The molecule has 1 heterocycles. The predicted octanol–water partition coefficient (Wildman–Crippen LogP) is 3.09. The Kier molecular flexibility index (Phi) is 4.84. The van der Waals surface area contributed by atoms with E-state index in [1.54, 1.807) is 18.2 Å². The Balaban J connectivity index is 2.13. The number of hydrogen-bond acceptors (Lipinski definition) is 4. The van der Waals surface area contributed by atoms with Crippen molar-refractivity contribution in [1.82, 2.24) is 9.97 Å². The summed E-state index contributed by atoms with van der Waals surface area (Å²) < 4.78 is 0.812. The van der Waals surface area contributed by atoms with Crippen LogP contribution in [-0.2, 0) is 0 Å². The SMILES string of the molecule is C=CCNc1cc(C(=O)Nc2ccccc2Br)ncn1. The van der Waals surface area contributed by atoms with Gasteiger partial charge in [-0.25, -0.2) is 9.97 Å². The number of halogens is 1. The number of aromatic nitrogens is 2. The van der Waals surface area contributed by atoms with Gasteiger partial charge in [-0.15, -0.1) is 6.58 Å². The van der Waals surface area contributed by atoms with Gasteiger partial charge in [0.1, 0.15) is 17.8 Å². The van der Waals surface area contributed by atoms with Crippen molar-refractivity contribution in [3.05, 3.63) is 59.5 Å². The maximum Gasteiger partial charge on any atom is 0.274 e. The minimum absolute atomic E-state index is 0.291. The van der Waals surface area contributed by atoms with Gasteiger partial charge in [-0.2, -0.15) is 0 Å². The lowest BCUT2D eigenvalue weighted by atomic mass is 10.3. The van der Waals surface area contributed by atoms with E-state index in [0.717, 1.165) is 4.47 Å². The molecule has 20 heavy (non-hydrogen) atoms. The van der Waals surface area contributed by atoms with Crippen LogP contribution in [0, 0.1) is 0 Å². The number of benzene rings is 1. The third-order valence-electron chi connectivity index (χ3n) is 2.45. The van der Waals surface area contributed by atoms with E-state index in [4.69, 9.17) is 0 Å². The molecule has 2 aromatic rings. The first-order valence-corrected chi connectivity index (χ1v) is 6.72. The van der Waals surface area contributed by atoms with E-state index in [2.05, 4.69) is 43.1 Å². The largest absolute Gasteiger partial charge is 0.366 e. The summed E-state index contributed by atoms with van der Waals surface area (Å²) in [6.07, 6.45) is 3.06. The Hall–Kier alpha value is -2.21. The smallest absolute Gasteiger partial charge is 0.274 e. The molecule has 0 saturated carbocycles. The van der Waals surface area contributed by atoms with Crippen molar-refractivity contribution in [3.63, 3.8) is 0 Å². The van der Waals surface area contributed by atoms with Crippen molar-refractivity contribution in [2.45, 2.75) is 0 Å². The van der Waals surface area contributed by atoms with Crippen molar-refractivity contribution in [2.75, 3.05) is 17.2 Å². The van der Waals surface area contributed by atoms with E-state index < -0.39 is 0 Å². The molecule has 1 aromatic carbocycles. The number of nitrogens with one attached hydrogen (secondary N) is 2. The fourth-order valence-electron chi connectivity index (χ4n) is 1.50. The van der Waals surface area contributed by atoms with E-state index in [1.807, 2.05) is 18.2 Å². The van der Waals surface area contributed by atoms with Gasteiger partial charge in [-0.05, 0) is 28.1 Å². The number of hydrogen-bond donors (Lipinski definition) is 2. The number of amides is 1. The number of carbonyl (C=O) groups excluding carboxylic acids is 1. The highest BCUT2D eigenvalue weighted by Crippen LogP contribution is 2.21. The molecule has 0 spiro atoms. The summed E-state index contributed by atoms with van der Waals surface area (Å²) in [5.74, 6) is 0.290. The highest BCUT2D eigenvalue weighted by molar-refractivity contribution is 9.10. The first-order chi connectivity index (χ1) is 9.70. The molecule has 102 valence electrons. The van der Waals surface area contributed by atoms with Gasteiger partial charge in [0.05, 0.1) is 5.69 Å². The van der Waals surface area contributed by atoms with Crippen LogP contribution in [0.3, 0.4) is 0 Å². The quantitative estimate of drug-likeness (QED) is 0.825. The normalized spacial score (nSPS) is 9.85. The van der Waals surface area contributed by atoms with E-state index in [9.17, 15) is 4.79 Å². The van der Waals surface area contributed by atoms with Gasteiger partial charge >= 0.3 is 0 Å². The molecule has 6 heteroatoms. The summed E-state index contributed by atoms with van der Waals surface area (Å²) in [5.41, 5.74) is 0.985. The molecule has 2 N–H and O–H groups in total. The molecule has 2 rings (SSSR count). The van der Waals surface area contributed by atoms with Gasteiger partial charge < -0.3 is 10.6 Å². The average molecular weight is 333 g/mol. The first kappa shape index (κ1) is 14.2. The molecule has 1 amide bonds. The first-order valence-electron chi connectivity index (χ1n) is 5.93. The molecule has 0 aliphatic rings. The summed E-state index contributed by atoms with van der Waals surface area (Å²) >= 11 is 3.38. The lowest BCUT2D eigenvalue weighted by Gasteiger charge is -2.07. The van der Waals surface area contributed by atoms with E-state index in [0.29, 0.717) is 23.7 Å². The molecule has 0 radical (unpaired) electrons. The summed E-state index contributed by atoms with van der Waals surface area (Å²) in [7, 11) is 0. The van der Waals surface area contributed by atoms with Crippen LogP contribution in [0.25, 0.3) is 0 Å². The van der Waals surface area contributed by atoms with Crippen LogP contribution in [-0.4, -0.2) is 22.4 Å². The van der Waals surface area contributed by atoms with Crippen LogP contribution < -0.4 is 10.6 Å². The van der Waals surface area contributed by atoms with Crippen LogP contribution in [0.15, 0.2) is 53.8 Å². The zero-order chi connectivity index (χ0) is 14.4. The minimum atomic E-state index is -0.291. The van der Waals surface area contributed by atoms with Crippen LogP contribution >= 0.6 is 15.9 Å². The molecule has 1 aromatic heterocycles. The van der Waals surface area contributed by atoms with Gasteiger partial charge in [0.2, 0.25) is 0 Å². The van der Waals surface area contributed by atoms with Gasteiger partial charge in [0.25, 0.3) is 5.91 Å². The van der Waals surface area contributed by atoms with Gasteiger partial charge in [0, 0.05) is 17.1 Å². The summed E-state index contributed by atoms with van der Waals surface area (Å²) in [6, 6.07) is 8.97. The maximum absolute atomic E-state index is 12.1. The van der Waals surface area contributed by atoms with Crippen LogP contribution in [0.4, 0.5) is 11.5 Å². The van der Waals surface area contributed by atoms with Gasteiger partial charge in [-0.1, -0.05) is 18.2 Å². The molecule has 0 aliphatic carbocycles. The fourth-order valence-corrected chi connectivity index (χ4v) is 1.89. The number of rotatable bonds is 5. The number of para-hydroxylation sites is 1. The molecule has 0 atom stereocenters. The Bertz CT molecular complexity index is 630. The highest BCUT2D eigenvalue weighted by atomic mass is 79.9. The Morgan fingerprint density at radius 2 is 2.15 bits per heavy atom. The van der Waals surface area contributed by atoms with Crippen molar-refractivity contribution in [2.24, 2.45) is 0 Å². The molecule has 5 nitrogen and oxygen atoms in total. The molecular formula is C14H13BrN4O. The summed E-state index contributed by atoms with van der Waals surface area (Å²) in [4.78, 5) is 20.1. The maximum atomic E-state index is 12.1. The molecule has 0 bridgehead atoms. The van der Waals surface area contributed by atoms with Crippen LogP contribution in [0.1, 0.15) is 10.5 Å². The number of carbonyl (C=O) groups is 1. The molecular weight excluding hydrogens is 320 g/mol. The average Bonchev–Trinajstić information content (AvgIpc) is 2.48. The number of nitrogens with zero attached hydrogens (tertiary/aromatic N) is 2. The fraction of sp³-hybridized carbons (Fsp3) is 0.0714. The molecule has 0 fully saturated rings. The topological polar surface area (TPSA) is 66.9 Å². The lowest BCUT2D eigenvalue weighted by molar-refractivity contribution is 0.102. The third kappa shape index (κ3) is 3.64. The van der Waals surface area contributed by atoms with Crippen LogP contribution in [0.5, 0.6) is 0 Å². The second-order valence-electron chi connectivity index (χ2n) is 3.89. The monoisotopic (exact) mass is 332 g/mol. The number of anilines is 2. The molecule has 0 unspecified atom stereocenters. The van der Waals surface area contributed by atoms with Gasteiger partial charge in [0.15, 0.2) is 0 Å². The zero-order valence-electron chi connectivity index (χ0n) is 10.6. The van der Waals surface area contributed by atoms with Gasteiger partial charge in [-0.3, -0.25) is 4.79 Å². The Morgan fingerprint density at radius 3 is 2.90 bits per heavy atom. The van der Waals surface area contributed by atoms with Crippen molar-refractivity contribution >= 4 is 33.3 Å². The standard InChI is InChI=1S/C14H13BrN4O/c1-2-7-16-13-8-12(17-9-18-13)14(20)19-11-6-4-3-5-10(11)15/h2-6,8-9H,1,7H2,(H,19,20)(H,16,17,18). The molecule has 0 aliphatic heterocycles. The summed E-state index contributed by atoms with van der Waals surface area (Å²) in [6.45, 7) is 4.18. The zero-order valence-corrected chi connectivity index (χ0v) is 12.2. The van der Waals surface area contributed by atoms with E-state index in [-0.39, 0.29) is 5.91 Å². The van der Waals surface area contributed by atoms with Crippen molar-refractivity contribution < 1.29 is 4.79 Å². The Morgan fingerprint density at radius 1 is 1.35 bits per heavy atom. The second kappa shape index (κ2) is 6.81. The second-order valence-corrected chi connectivity index (χ2v) is 4.75. The van der Waals surface area contributed by atoms with Crippen LogP contribution in [0.2, 0.25) is 0 Å². The van der Waals surface area contributed by atoms with Crippen molar-refractivity contribution in [3.8, 4) is 0 Å².